The summed E-state index contributed by atoms with van der Waals surface area (Å²) in [5, 5.41) is 80.3. The van der Waals surface area contributed by atoms with E-state index >= 15 is 0 Å². The molecule has 0 bridgehead atoms. The Kier molecular flexibility index (Phi) is 88.8. The lowest BCUT2D eigenvalue weighted by Gasteiger charge is -2.41. The maximum absolute atomic E-state index is 13.0. The molecule has 2 saturated heterocycles. The second-order valence-electron chi connectivity index (χ2n) is 39.8. The fourth-order valence-electron chi connectivity index (χ4n) is 16.2. The van der Waals surface area contributed by atoms with Crippen molar-refractivity contribution in [2.24, 2.45) is 65.1 Å². The van der Waals surface area contributed by atoms with Gasteiger partial charge in [0.2, 0.25) is 11.8 Å². The summed E-state index contributed by atoms with van der Waals surface area (Å²) >= 11 is 5.18. The lowest BCUT2D eigenvalue weighted by Crippen LogP contribution is -3.00. The van der Waals surface area contributed by atoms with E-state index in [4.69, 9.17) is 23.7 Å². The molecule has 2 heterocycles. The molecule has 22 atom stereocenters. The molecular formula is C101H195Cl2N9O27S5. The molecule has 0 aliphatic carbocycles. The van der Waals surface area contributed by atoms with Gasteiger partial charge in [-0.05, 0) is 227 Å². The van der Waals surface area contributed by atoms with E-state index in [1.165, 1.54) is 27.7 Å². The number of aliphatic hydroxyl groups excluding tert-OH is 6. The molecule has 2 fully saturated rings. The highest BCUT2D eigenvalue weighted by Crippen LogP contribution is 2.32. The van der Waals surface area contributed by atoms with Gasteiger partial charge in [0, 0.05) is 112 Å². The summed E-state index contributed by atoms with van der Waals surface area (Å²) in [6.07, 6.45) is 3.33. The summed E-state index contributed by atoms with van der Waals surface area (Å²) in [6.45, 7) is 31.7. The van der Waals surface area contributed by atoms with Crippen LogP contribution in [0.25, 0.3) is 0 Å². The molecule has 0 aromatic heterocycles. The van der Waals surface area contributed by atoms with Gasteiger partial charge in [-0.15, -0.1) is 0 Å². The smallest absolute Gasteiger partial charge is 0.224 e. The molecule has 0 spiro atoms. The Morgan fingerprint density at radius 1 is 0.354 bits per heavy atom. The second-order valence-corrected chi connectivity index (χ2v) is 47.9. The van der Waals surface area contributed by atoms with Crippen LogP contribution in [0, 0.1) is 65.1 Å². The fraction of sp³-hybridized carbons (Fsp3) is 0.881. The first-order valence-corrected chi connectivity index (χ1v) is 58.4. The average Bonchev–Trinajstić information content (AvgIpc) is 0.818. The number of carbonyl (C=O) groups is 12. The number of Topliss-reactive ketones (excluding diaryl/α,β-unsaturated/α-hetero) is 10. The largest absolute Gasteiger partial charge is 1.00 e. The van der Waals surface area contributed by atoms with Crippen molar-refractivity contribution in [1.82, 2.24) is 37.2 Å². The van der Waals surface area contributed by atoms with E-state index in [0.29, 0.717) is 70.0 Å². The van der Waals surface area contributed by atoms with Gasteiger partial charge in [-0.25, -0.2) is 16.8 Å². The Hall–Kier alpha value is -3.55. The predicted octanol–water partition coefficient (Wildman–Crippen LogP) is -1.37. The minimum absolute atomic E-state index is 0. The number of ether oxygens (including phenoxy) is 5. The standard InChI is InChI=1S/2C22H43N3O4S.2C22H41NO8S.C13H25NO3S.2ClH/c2*1-16(2)14-20(24-4)21(27)15-18(9-12-30-13-11-29-5)22(28)25-19(17(3)26)8-6-7-10-23;2*1-13(2)9-17(23-5)18(26)10-16(15(4)25)12-32(29,30)8-6-7-19-22(28)21(27)14(3)20(11-24)31-19;1-10(14-3)13(16)9-12(11(2)15)5-7-18-8-6-17-4;;/h2*16,18-20,24H,6-15,23H2,1-5H3,(H,25,28);2*13-14,16-17,19-24,27-28H,6-12H2,1-5H3;10,12,14H,5-9H2,1-4H3;2*1H/t2*18?,19-,20-;2*14?,16-,17-,19+,20?,21-,22?;10-,12?;;/m00000../s1. The number of thioether (sulfide) groups is 3. The molecule has 0 aromatic carbocycles. The zero-order chi connectivity index (χ0) is 109. The first kappa shape index (κ1) is 149. The number of methoxy groups -OCH3 is 3. The van der Waals surface area contributed by atoms with E-state index in [9.17, 15) is 105 Å². The highest BCUT2D eigenvalue weighted by Gasteiger charge is 2.44. The number of sulfone groups is 2. The molecule has 850 valence electrons. The zero-order valence-corrected chi connectivity index (χ0v) is 97.2. The van der Waals surface area contributed by atoms with Crippen LogP contribution < -0.4 is 73.5 Å². The van der Waals surface area contributed by atoms with Gasteiger partial charge < -0.3 is 128 Å². The van der Waals surface area contributed by atoms with Crippen LogP contribution in [0.3, 0.4) is 0 Å². The number of ketones is 10. The minimum Gasteiger partial charge on any atom is -1.00 e. The monoisotopic (exact) mass is 2200 g/mol. The summed E-state index contributed by atoms with van der Waals surface area (Å²) in [7, 11) is 6.42. The number of aliphatic hydroxyl groups is 6. The van der Waals surface area contributed by atoms with Crippen LogP contribution in [-0.2, 0) is 101 Å². The number of quaternary nitrogens is 2. The Morgan fingerprint density at radius 2 is 0.625 bits per heavy atom. The zero-order valence-electron chi connectivity index (χ0n) is 91.6. The minimum atomic E-state index is -3.63. The Bertz CT molecular complexity index is 3550. The number of unbranched alkanes of at least 4 members (excludes halogenated alkanes) is 2. The molecule has 19 N–H and O–H groups in total. The number of hydrogen-bond donors (Lipinski definition) is 15. The third-order valence-corrected chi connectivity index (χ3v) is 32.3. The Morgan fingerprint density at radius 3 is 0.861 bits per heavy atom. The molecule has 0 radical (unpaired) electrons. The lowest BCUT2D eigenvalue weighted by atomic mass is 9.87. The molecule has 2 amide bonds. The van der Waals surface area contributed by atoms with E-state index in [1.807, 2.05) is 34.6 Å². The van der Waals surface area contributed by atoms with Crippen molar-refractivity contribution in [2.75, 3.05) is 160 Å². The SMILES string of the molecule is CN[C@@H](C)C(=O)CC(CCSCCOC)C(C)=O.CN[C@@H](CC(C)C)C(=O)CC(CCSCCOC)C(=O)N[C@@H](CCCC[NH3+])C(C)=O.CN[C@@H](CC(C)C)C(=O)CC(CCSCCOC)C(=O)N[C@@H](CCCC[NH3+])C(C)=O.CN[C@@H](CC(C)C)C(=O)C[C@@H](CS(=O)(=O)CCC[C@H]1OC(CO)C(C)[C@H](O)C1O)C(C)=O.CN[C@@H](CC(C)C)C(=O)C[C@@H](CS(=O)(=O)CCC[C@H]1OC(CO)C(C)[C@H](O)C1O)C(C)=O.[Cl-].[Cl-]. The quantitative estimate of drug-likeness (QED) is 0.0313. The van der Waals surface area contributed by atoms with Gasteiger partial charge in [-0.1, -0.05) is 69.2 Å². The van der Waals surface area contributed by atoms with Crippen molar-refractivity contribution in [3.8, 4) is 0 Å². The van der Waals surface area contributed by atoms with Gasteiger partial charge in [-0.3, -0.25) is 57.5 Å². The molecule has 36 nitrogen and oxygen atoms in total. The van der Waals surface area contributed by atoms with Crippen LogP contribution in [0.15, 0.2) is 0 Å². The molecule has 43 heteroatoms. The number of carbonyl (C=O) groups excluding carboxylic acids is 12. The van der Waals surface area contributed by atoms with Gasteiger partial charge in [-0.2, -0.15) is 35.3 Å². The normalized spacial score (nSPS) is 20.4. The molecule has 2 rings (SSSR count). The van der Waals surface area contributed by atoms with Gasteiger partial charge in [0.1, 0.15) is 46.9 Å². The van der Waals surface area contributed by atoms with Crippen LogP contribution in [0.5, 0.6) is 0 Å². The van der Waals surface area contributed by atoms with Crippen molar-refractivity contribution < 1.29 is 165 Å². The van der Waals surface area contributed by atoms with Crippen molar-refractivity contribution in [3.05, 3.63) is 0 Å². The van der Waals surface area contributed by atoms with Gasteiger partial charge in [0.15, 0.2) is 42.8 Å². The summed E-state index contributed by atoms with van der Waals surface area (Å²) in [6, 6.07) is -2.48. The molecule has 144 heavy (non-hydrogen) atoms. The maximum atomic E-state index is 13.0. The first-order valence-electron chi connectivity index (χ1n) is 51.3. The molecule has 0 aromatic rings. The average molecular weight is 2200 g/mol. The van der Waals surface area contributed by atoms with Gasteiger partial charge in [0.05, 0.1) is 148 Å². The number of halogens is 2. The topological polar surface area (TPSA) is 580 Å². The van der Waals surface area contributed by atoms with E-state index in [1.54, 1.807) is 113 Å². The first-order chi connectivity index (χ1) is 66.7. The molecule has 2 aliphatic rings. The van der Waals surface area contributed by atoms with E-state index in [0.717, 1.165) is 99.2 Å². The molecule has 0 saturated carbocycles. The van der Waals surface area contributed by atoms with Crippen LogP contribution in [0.4, 0.5) is 0 Å². The van der Waals surface area contributed by atoms with Crippen LogP contribution in [0.1, 0.15) is 252 Å². The van der Waals surface area contributed by atoms with Gasteiger partial charge in [0.25, 0.3) is 0 Å². The van der Waals surface area contributed by atoms with Crippen LogP contribution >= 0.6 is 35.3 Å². The molecule has 9 unspecified atom stereocenters. The summed E-state index contributed by atoms with van der Waals surface area (Å²) < 4.78 is 76.9. The third kappa shape index (κ3) is 67.1. The number of amides is 2. The van der Waals surface area contributed by atoms with Crippen molar-refractivity contribution in [1.29, 1.82) is 0 Å². The van der Waals surface area contributed by atoms with E-state index in [2.05, 4.69) is 76.4 Å². The van der Waals surface area contributed by atoms with Crippen LogP contribution in [-0.4, -0.2) is 368 Å². The molecule has 2 aliphatic heterocycles. The van der Waals surface area contributed by atoms with Crippen LogP contribution in [0.2, 0.25) is 0 Å². The predicted molar refractivity (Wildman–Crippen MR) is 565 cm³/mol. The highest BCUT2D eigenvalue weighted by atomic mass is 35.5. The van der Waals surface area contributed by atoms with Crippen molar-refractivity contribution in [3.63, 3.8) is 0 Å². The fourth-order valence-corrected chi connectivity index (χ4v) is 22.5. The number of nitrogens with one attached hydrogen (secondary N) is 7. The van der Waals surface area contributed by atoms with Gasteiger partial charge >= 0.3 is 0 Å². The number of likely N-dealkylation sites (N-methyl/N-ethyl adjacent to an activating group) is 5. The summed E-state index contributed by atoms with van der Waals surface area (Å²) in [5.74, 6) is 0.344. The van der Waals surface area contributed by atoms with E-state index in [-0.39, 0.29) is 206 Å². The third-order valence-electron chi connectivity index (χ3n) is 25.7. The van der Waals surface area contributed by atoms with Crippen molar-refractivity contribution in [2.45, 2.75) is 343 Å². The number of rotatable bonds is 77. The van der Waals surface area contributed by atoms with Crippen molar-refractivity contribution >= 4 is 125 Å². The highest BCUT2D eigenvalue weighted by molar-refractivity contribution is 7.99. The summed E-state index contributed by atoms with van der Waals surface area (Å²) in [4.78, 5) is 148. The maximum Gasteiger partial charge on any atom is 0.224 e. The summed E-state index contributed by atoms with van der Waals surface area (Å²) in [5.41, 5.74) is 7.64. The Balaban J connectivity index is -0.000000563. The second kappa shape index (κ2) is 85.9. The molecular weight excluding hydrogens is 2000 g/mol. The van der Waals surface area contributed by atoms with E-state index < -0.39 is 140 Å². The lowest BCUT2D eigenvalue weighted by molar-refractivity contribution is -0.368. The number of hydrogen-bond acceptors (Lipinski definition) is 35. The Labute approximate surface area is 889 Å².